The maximum atomic E-state index is 15.4. The Balaban J connectivity index is 1.15. The number of nitrogens with one attached hydrogen (secondary N) is 2. The topological polar surface area (TPSA) is 93.8 Å². The highest BCUT2D eigenvalue weighted by atomic mass is 19.1. The van der Waals surface area contributed by atoms with Crippen molar-refractivity contribution in [2.75, 3.05) is 36.5 Å². The molecule has 2 amide bonds. The van der Waals surface area contributed by atoms with E-state index in [-0.39, 0.29) is 35.6 Å². The Labute approximate surface area is 275 Å². The lowest BCUT2D eigenvalue weighted by molar-refractivity contribution is -0.137. The molecule has 9 nitrogen and oxygen atoms in total. The number of rotatable bonds is 7. The number of carbonyl (C=O) groups excluding carboxylic acids is 2. The van der Waals surface area contributed by atoms with Gasteiger partial charge in [0, 0.05) is 31.4 Å². The Bertz CT molecular complexity index is 1610. The average molecular weight is 649 g/mol. The summed E-state index contributed by atoms with van der Waals surface area (Å²) in [5.74, 6) is -0.0585. The first-order valence-corrected chi connectivity index (χ1v) is 17.4. The first-order chi connectivity index (χ1) is 22.7. The lowest BCUT2D eigenvalue weighted by atomic mass is 10.0. The Hall–Kier alpha value is -3.89. The molecule has 1 aromatic heterocycles. The average Bonchev–Trinajstić information content (AvgIpc) is 3.86. The zero-order chi connectivity index (χ0) is 32.8. The number of hydrogen-bond donors (Lipinski definition) is 2. The molecule has 0 bridgehead atoms. The number of amides is 2. The molecule has 1 saturated carbocycles. The number of benzene rings is 2. The molecule has 0 radical (unpaired) electrons. The van der Waals surface area contributed by atoms with Crippen LogP contribution in [-0.2, 0) is 9.53 Å². The molecule has 1 unspecified atom stereocenters. The van der Waals surface area contributed by atoms with Crippen molar-refractivity contribution in [3.8, 4) is 0 Å². The molecule has 3 aromatic rings. The van der Waals surface area contributed by atoms with Gasteiger partial charge >= 0.3 is 6.09 Å². The van der Waals surface area contributed by atoms with Gasteiger partial charge in [0.1, 0.15) is 17.6 Å². The summed E-state index contributed by atoms with van der Waals surface area (Å²) < 4.78 is 35.6. The van der Waals surface area contributed by atoms with E-state index in [1.807, 2.05) is 29.7 Å². The van der Waals surface area contributed by atoms with Crippen LogP contribution in [0.4, 0.5) is 25.0 Å². The van der Waals surface area contributed by atoms with Crippen LogP contribution in [0.1, 0.15) is 95.1 Å². The Morgan fingerprint density at radius 3 is 2.45 bits per heavy atom. The van der Waals surface area contributed by atoms with Crippen molar-refractivity contribution < 1.29 is 23.1 Å². The van der Waals surface area contributed by atoms with Crippen LogP contribution in [0.2, 0.25) is 0 Å². The number of aromatic nitrogens is 2. The number of imidazole rings is 1. The SMILES string of the molecule is COC(=O)NC(C(=O)N1[C@H](c2nc3ccc([C@H]4CCCN4c4cc(F)c(N5CCCCC5)c(F)c4)cc3[nH]2)C[C@@H]2CCC[C@@H]21)C(C)C. The van der Waals surface area contributed by atoms with E-state index in [2.05, 4.69) is 27.3 Å². The zero-order valence-corrected chi connectivity index (χ0v) is 27.6. The number of nitrogens with zero attached hydrogens (tertiary/aromatic N) is 4. The number of hydrogen-bond acceptors (Lipinski definition) is 6. The van der Waals surface area contributed by atoms with E-state index in [1.165, 1.54) is 19.2 Å². The van der Waals surface area contributed by atoms with Gasteiger partial charge in [-0.1, -0.05) is 26.3 Å². The maximum Gasteiger partial charge on any atom is 0.407 e. The van der Waals surface area contributed by atoms with Crippen LogP contribution in [0.5, 0.6) is 0 Å². The fourth-order valence-electron chi connectivity index (χ4n) is 8.68. The van der Waals surface area contributed by atoms with E-state index in [4.69, 9.17) is 9.72 Å². The van der Waals surface area contributed by atoms with E-state index in [0.29, 0.717) is 24.7 Å². The quantitative estimate of drug-likeness (QED) is 0.287. The minimum Gasteiger partial charge on any atom is -0.453 e. The minimum atomic E-state index is -0.697. The summed E-state index contributed by atoms with van der Waals surface area (Å²) in [6.45, 7) is 5.94. The lowest BCUT2D eigenvalue weighted by Crippen LogP contribution is -2.53. The summed E-state index contributed by atoms with van der Waals surface area (Å²) in [6.07, 6.45) is 8.11. The van der Waals surface area contributed by atoms with Crippen molar-refractivity contribution in [2.24, 2.45) is 11.8 Å². The van der Waals surface area contributed by atoms with Gasteiger partial charge in [-0.2, -0.15) is 0 Å². The van der Waals surface area contributed by atoms with E-state index >= 15 is 8.78 Å². The Kier molecular flexibility index (Phi) is 8.74. The fraction of sp³-hybridized carbons (Fsp3) is 0.583. The van der Waals surface area contributed by atoms with Gasteiger partial charge in [0.15, 0.2) is 11.6 Å². The van der Waals surface area contributed by atoms with E-state index < -0.39 is 23.8 Å². The highest BCUT2D eigenvalue weighted by Crippen LogP contribution is 2.48. The summed E-state index contributed by atoms with van der Waals surface area (Å²) in [5, 5.41) is 2.77. The van der Waals surface area contributed by atoms with Gasteiger partial charge in [0.25, 0.3) is 0 Å². The molecule has 4 aliphatic rings. The lowest BCUT2D eigenvalue weighted by Gasteiger charge is -2.33. The van der Waals surface area contributed by atoms with Crippen molar-refractivity contribution in [2.45, 2.75) is 95.8 Å². The molecule has 3 saturated heterocycles. The number of anilines is 2. The third-order valence-corrected chi connectivity index (χ3v) is 11.0. The van der Waals surface area contributed by atoms with Crippen molar-refractivity contribution in [3.05, 3.63) is 53.4 Å². The summed E-state index contributed by atoms with van der Waals surface area (Å²) in [4.78, 5) is 40.7. The highest BCUT2D eigenvalue weighted by Gasteiger charge is 2.49. The number of methoxy groups -OCH3 is 1. The van der Waals surface area contributed by atoms with Crippen molar-refractivity contribution in [1.82, 2.24) is 20.2 Å². The third kappa shape index (κ3) is 5.91. The van der Waals surface area contributed by atoms with E-state index in [9.17, 15) is 9.59 Å². The van der Waals surface area contributed by atoms with Crippen molar-refractivity contribution in [3.63, 3.8) is 0 Å². The van der Waals surface area contributed by atoms with Gasteiger partial charge in [-0.25, -0.2) is 18.6 Å². The van der Waals surface area contributed by atoms with Crippen LogP contribution in [0.25, 0.3) is 11.0 Å². The van der Waals surface area contributed by atoms with E-state index in [1.54, 1.807) is 0 Å². The maximum absolute atomic E-state index is 15.4. The molecular weight excluding hydrogens is 602 g/mol. The second kappa shape index (κ2) is 13.0. The third-order valence-electron chi connectivity index (χ3n) is 11.0. The van der Waals surface area contributed by atoms with Gasteiger partial charge in [-0.15, -0.1) is 0 Å². The summed E-state index contributed by atoms with van der Waals surface area (Å²) >= 11 is 0. The minimum absolute atomic E-state index is 0.0223. The molecule has 5 atom stereocenters. The van der Waals surface area contributed by atoms with Gasteiger partial charge < -0.3 is 29.7 Å². The second-order valence-electron chi connectivity index (χ2n) is 14.2. The first kappa shape index (κ1) is 31.7. The summed E-state index contributed by atoms with van der Waals surface area (Å²) in [5.41, 5.74) is 3.42. The number of alkyl carbamates (subject to hydrolysis) is 1. The van der Waals surface area contributed by atoms with Crippen LogP contribution in [-0.4, -0.2) is 65.7 Å². The van der Waals surface area contributed by atoms with Crippen molar-refractivity contribution >= 4 is 34.4 Å². The number of fused-ring (bicyclic) bond motifs is 2. The van der Waals surface area contributed by atoms with Crippen LogP contribution < -0.4 is 15.1 Å². The van der Waals surface area contributed by atoms with Crippen LogP contribution >= 0.6 is 0 Å². The van der Waals surface area contributed by atoms with Crippen molar-refractivity contribution in [1.29, 1.82) is 0 Å². The number of carbonyl (C=O) groups is 2. The van der Waals surface area contributed by atoms with Gasteiger partial charge in [-0.3, -0.25) is 4.79 Å². The molecule has 1 aliphatic carbocycles. The molecule has 4 heterocycles. The molecule has 4 fully saturated rings. The molecule has 3 aliphatic heterocycles. The largest absolute Gasteiger partial charge is 0.453 e. The zero-order valence-electron chi connectivity index (χ0n) is 27.6. The summed E-state index contributed by atoms with van der Waals surface area (Å²) in [6, 6.07) is 8.34. The molecule has 252 valence electrons. The molecule has 2 aromatic carbocycles. The monoisotopic (exact) mass is 648 g/mol. The fourth-order valence-corrected chi connectivity index (χ4v) is 8.68. The first-order valence-electron chi connectivity index (χ1n) is 17.4. The summed E-state index contributed by atoms with van der Waals surface area (Å²) in [7, 11) is 1.30. The van der Waals surface area contributed by atoms with Crippen LogP contribution in [0.15, 0.2) is 30.3 Å². The number of likely N-dealkylation sites (tertiary alicyclic amines) is 1. The molecule has 11 heteroatoms. The van der Waals surface area contributed by atoms with Gasteiger partial charge in [0.05, 0.1) is 30.2 Å². The Morgan fingerprint density at radius 1 is 0.957 bits per heavy atom. The number of halogens is 2. The van der Waals surface area contributed by atoms with Crippen LogP contribution in [0.3, 0.4) is 0 Å². The standard InChI is InChI=1S/C36H46F2N6O3/c1-21(2)32(41-36(46)47-3)35(45)44-30-10-7-9-22(30)18-31(44)34-39-27-13-12-23(17-28(27)40-34)29-11-8-16-43(29)24-19-25(37)33(26(38)20-24)42-14-5-4-6-15-42/h12-13,17,19-22,29-32H,4-11,14-16,18H2,1-3H3,(H,39,40)(H,41,46)/t22-,29+,30-,31-,32?/m0/s1. The predicted molar refractivity (Wildman–Crippen MR) is 177 cm³/mol. The normalized spacial score (nSPS) is 25.1. The number of H-pyrrole nitrogens is 1. The van der Waals surface area contributed by atoms with Gasteiger partial charge in [0.2, 0.25) is 5.91 Å². The molecule has 47 heavy (non-hydrogen) atoms. The molecule has 7 rings (SSSR count). The highest BCUT2D eigenvalue weighted by molar-refractivity contribution is 5.87. The Morgan fingerprint density at radius 2 is 1.72 bits per heavy atom. The predicted octanol–water partition coefficient (Wildman–Crippen LogP) is 7.00. The van der Waals surface area contributed by atoms with Gasteiger partial charge in [-0.05, 0) is 93.0 Å². The van der Waals surface area contributed by atoms with E-state index in [0.717, 1.165) is 86.8 Å². The van der Waals surface area contributed by atoms with Crippen LogP contribution in [0, 0.1) is 23.5 Å². The number of ether oxygens (including phenoxy) is 1. The smallest absolute Gasteiger partial charge is 0.407 e. The second-order valence-corrected chi connectivity index (χ2v) is 14.2. The molecule has 0 spiro atoms. The molecular formula is C36H46F2N6O3. The number of aromatic amines is 1. The molecule has 2 N–H and O–H groups in total. The number of piperidine rings is 1.